The third-order valence-electron chi connectivity index (χ3n) is 2.75. The maximum absolute atomic E-state index is 11.8. The number of carbonyl (C=O) groups is 1. The average molecular weight is 266 g/mol. The van der Waals surface area contributed by atoms with Crippen molar-refractivity contribution in [2.75, 3.05) is 11.9 Å². The molecule has 0 aliphatic rings. The molecule has 4 heteroatoms. The number of hydrogen-bond donors (Lipinski definition) is 1. The molecule has 100 valence electrons. The highest BCUT2D eigenvalue weighted by atomic mass is 16.5. The smallest absolute Gasteiger partial charge is 0.262 e. The summed E-state index contributed by atoms with van der Waals surface area (Å²) < 4.78 is 5.36. The number of aryl methyl sites for hydroxylation is 1. The van der Waals surface area contributed by atoms with Crippen molar-refractivity contribution in [1.29, 1.82) is 5.26 Å². The summed E-state index contributed by atoms with van der Waals surface area (Å²) in [5.74, 6) is 0.386. The Balaban J connectivity index is 1.97. The Kier molecular flexibility index (Phi) is 4.35. The number of para-hydroxylation sites is 1. The number of carbonyl (C=O) groups excluding carboxylic acids is 1. The molecule has 0 aromatic heterocycles. The molecule has 0 aliphatic heterocycles. The van der Waals surface area contributed by atoms with Gasteiger partial charge in [0.2, 0.25) is 0 Å². The van der Waals surface area contributed by atoms with Crippen molar-refractivity contribution >= 4 is 11.6 Å². The number of nitrogens with zero attached hydrogens (tertiary/aromatic N) is 1. The minimum absolute atomic E-state index is 0.0692. The second-order valence-electron chi connectivity index (χ2n) is 4.29. The number of nitrogens with one attached hydrogen (secondary N) is 1. The monoisotopic (exact) mass is 266 g/mol. The number of benzene rings is 2. The van der Waals surface area contributed by atoms with Crippen LogP contribution in [0.15, 0.2) is 48.5 Å². The molecule has 1 N–H and O–H groups in total. The summed E-state index contributed by atoms with van der Waals surface area (Å²) in [5.41, 5.74) is 2.04. The quantitative estimate of drug-likeness (QED) is 0.925. The van der Waals surface area contributed by atoms with Gasteiger partial charge in [0.1, 0.15) is 5.75 Å². The normalized spacial score (nSPS) is 9.60. The number of nitriles is 1. The number of ether oxygens (including phenoxy) is 1. The highest BCUT2D eigenvalue weighted by Crippen LogP contribution is 2.16. The number of hydrogen-bond acceptors (Lipinski definition) is 3. The molecule has 0 bridgehead atoms. The minimum Gasteiger partial charge on any atom is -0.484 e. The average Bonchev–Trinajstić information content (AvgIpc) is 2.48. The molecule has 2 rings (SSSR count). The second kappa shape index (κ2) is 6.39. The van der Waals surface area contributed by atoms with Gasteiger partial charge in [0.05, 0.1) is 11.6 Å². The van der Waals surface area contributed by atoms with E-state index in [1.807, 2.05) is 31.2 Å². The lowest BCUT2D eigenvalue weighted by Crippen LogP contribution is -2.20. The van der Waals surface area contributed by atoms with Gasteiger partial charge in [-0.15, -0.1) is 0 Å². The predicted molar refractivity (Wildman–Crippen MR) is 76.5 cm³/mol. The topological polar surface area (TPSA) is 62.1 Å². The van der Waals surface area contributed by atoms with Crippen molar-refractivity contribution in [3.05, 3.63) is 59.7 Å². The molecule has 0 spiro atoms. The standard InChI is InChI=1S/C16H14N2O2/c1-12-7-8-13(10-17)9-15(12)18-16(19)11-20-14-5-3-2-4-6-14/h2-9H,11H2,1H3,(H,18,19). The molecular formula is C16H14N2O2. The van der Waals surface area contributed by atoms with Gasteiger partial charge in [0.15, 0.2) is 6.61 Å². The Bertz CT molecular complexity index is 645. The zero-order valence-electron chi connectivity index (χ0n) is 11.1. The minimum atomic E-state index is -0.257. The summed E-state index contributed by atoms with van der Waals surface area (Å²) in [7, 11) is 0. The van der Waals surface area contributed by atoms with Crippen LogP contribution in [0.1, 0.15) is 11.1 Å². The van der Waals surface area contributed by atoms with Crippen LogP contribution in [0.3, 0.4) is 0 Å². The molecule has 0 heterocycles. The van der Waals surface area contributed by atoms with E-state index in [2.05, 4.69) is 5.32 Å². The molecule has 0 unspecified atom stereocenters. The van der Waals surface area contributed by atoms with E-state index in [0.717, 1.165) is 5.56 Å². The molecule has 0 atom stereocenters. The van der Waals surface area contributed by atoms with Crippen LogP contribution in [-0.2, 0) is 4.79 Å². The molecule has 20 heavy (non-hydrogen) atoms. The lowest BCUT2D eigenvalue weighted by atomic mass is 10.1. The highest BCUT2D eigenvalue weighted by molar-refractivity contribution is 5.92. The lowest BCUT2D eigenvalue weighted by molar-refractivity contribution is -0.118. The molecule has 0 saturated heterocycles. The van der Waals surface area contributed by atoms with E-state index < -0.39 is 0 Å². The SMILES string of the molecule is Cc1ccc(C#N)cc1NC(=O)COc1ccccc1. The highest BCUT2D eigenvalue weighted by Gasteiger charge is 2.06. The van der Waals surface area contributed by atoms with E-state index in [1.54, 1.807) is 30.3 Å². The Hall–Kier alpha value is -2.80. The van der Waals surface area contributed by atoms with Crippen molar-refractivity contribution in [3.63, 3.8) is 0 Å². The van der Waals surface area contributed by atoms with Crippen molar-refractivity contribution < 1.29 is 9.53 Å². The Morgan fingerprint density at radius 1 is 1.25 bits per heavy atom. The van der Waals surface area contributed by atoms with Crippen LogP contribution < -0.4 is 10.1 Å². The van der Waals surface area contributed by atoms with Gasteiger partial charge in [0, 0.05) is 5.69 Å². The predicted octanol–water partition coefficient (Wildman–Crippen LogP) is 2.88. The molecule has 2 aromatic rings. The third-order valence-corrected chi connectivity index (χ3v) is 2.75. The molecule has 0 aliphatic carbocycles. The molecule has 4 nitrogen and oxygen atoms in total. The van der Waals surface area contributed by atoms with Gasteiger partial charge in [-0.05, 0) is 36.8 Å². The molecule has 1 amide bonds. The maximum Gasteiger partial charge on any atom is 0.262 e. The van der Waals surface area contributed by atoms with Gasteiger partial charge in [0.25, 0.3) is 5.91 Å². The van der Waals surface area contributed by atoms with Crippen LogP contribution in [0.2, 0.25) is 0 Å². The van der Waals surface area contributed by atoms with Crippen molar-refractivity contribution in [2.24, 2.45) is 0 Å². The number of rotatable bonds is 4. The van der Waals surface area contributed by atoms with Crippen LogP contribution in [0.4, 0.5) is 5.69 Å². The number of anilines is 1. The van der Waals surface area contributed by atoms with Gasteiger partial charge >= 0.3 is 0 Å². The first kappa shape index (κ1) is 13.6. The summed E-state index contributed by atoms with van der Waals surface area (Å²) in [5, 5.41) is 11.6. The first-order chi connectivity index (χ1) is 9.69. The van der Waals surface area contributed by atoms with E-state index in [-0.39, 0.29) is 12.5 Å². The Morgan fingerprint density at radius 3 is 2.70 bits per heavy atom. The zero-order valence-corrected chi connectivity index (χ0v) is 11.1. The van der Waals surface area contributed by atoms with E-state index >= 15 is 0 Å². The van der Waals surface area contributed by atoms with Crippen molar-refractivity contribution in [1.82, 2.24) is 0 Å². The largest absolute Gasteiger partial charge is 0.484 e. The number of amides is 1. The second-order valence-corrected chi connectivity index (χ2v) is 4.29. The van der Waals surface area contributed by atoms with E-state index in [0.29, 0.717) is 17.0 Å². The van der Waals surface area contributed by atoms with Crippen LogP contribution in [-0.4, -0.2) is 12.5 Å². The first-order valence-electron chi connectivity index (χ1n) is 6.17. The Labute approximate surface area is 117 Å². The summed E-state index contributed by atoms with van der Waals surface area (Å²) >= 11 is 0. The zero-order chi connectivity index (χ0) is 14.4. The van der Waals surface area contributed by atoms with Crippen LogP contribution in [0.5, 0.6) is 5.75 Å². The van der Waals surface area contributed by atoms with Gasteiger partial charge in [-0.25, -0.2) is 0 Å². The van der Waals surface area contributed by atoms with Gasteiger partial charge in [-0.2, -0.15) is 5.26 Å². The van der Waals surface area contributed by atoms with Crippen LogP contribution in [0, 0.1) is 18.3 Å². The van der Waals surface area contributed by atoms with E-state index in [1.165, 1.54) is 0 Å². The van der Waals surface area contributed by atoms with Gasteiger partial charge < -0.3 is 10.1 Å². The fraction of sp³-hybridized carbons (Fsp3) is 0.125. The van der Waals surface area contributed by atoms with Gasteiger partial charge in [-0.3, -0.25) is 4.79 Å². The molecule has 0 radical (unpaired) electrons. The molecule has 0 saturated carbocycles. The van der Waals surface area contributed by atoms with Crippen molar-refractivity contribution in [2.45, 2.75) is 6.92 Å². The summed E-state index contributed by atoms with van der Waals surface area (Å²) in [4.78, 5) is 11.8. The summed E-state index contributed by atoms with van der Waals surface area (Å²) in [6, 6.07) is 16.3. The van der Waals surface area contributed by atoms with Crippen molar-refractivity contribution in [3.8, 4) is 11.8 Å². The first-order valence-corrected chi connectivity index (χ1v) is 6.17. The summed E-state index contributed by atoms with van der Waals surface area (Å²) in [6.07, 6.45) is 0. The molecule has 0 fully saturated rings. The Morgan fingerprint density at radius 2 is 2.00 bits per heavy atom. The maximum atomic E-state index is 11.8. The van der Waals surface area contributed by atoms with Gasteiger partial charge in [-0.1, -0.05) is 24.3 Å². The fourth-order valence-corrected chi connectivity index (χ4v) is 1.68. The molecular weight excluding hydrogens is 252 g/mol. The third kappa shape index (κ3) is 3.59. The summed E-state index contributed by atoms with van der Waals surface area (Å²) in [6.45, 7) is 1.80. The van der Waals surface area contributed by atoms with E-state index in [9.17, 15) is 4.79 Å². The van der Waals surface area contributed by atoms with Crippen LogP contribution in [0.25, 0.3) is 0 Å². The van der Waals surface area contributed by atoms with E-state index in [4.69, 9.17) is 10.00 Å². The molecule has 2 aromatic carbocycles. The van der Waals surface area contributed by atoms with Crippen LogP contribution >= 0.6 is 0 Å². The fourth-order valence-electron chi connectivity index (χ4n) is 1.68. The lowest BCUT2D eigenvalue weighted by Gasteiger charge is -2.09.